The molecule has 4 saturated carbocycles. The number of tetrazole rings is 2. The van der Waals surface area contributed by atoms with Gasteiger partial charge in [0.15, 0.2) is 0 Å². The number of halogens is 6. The van der Waals surface area contributed by atoms with Gasteiger partial charge in [0.25, 0.3) is 0 Å². The van der Waals surface area contributed by atoms with Crippen LogP contribution in [0, 0.1) is 0 Å². The van der Waals surface area contributed by atoms with Crippen LogP contribution < -0.4 is 0 Å². The van der Waals surface area contributed by atoms with E-state index in [9.17, 15) is 31.4 Å². The molecule has 0 unspecified atom stereocenters. The lowest BCUT2D eigenvalue weighted by Crippen LogP contribution is -2.41. The van der Waals surface area contributed by atoms with E-state index >= 15 is 0 Å². The summed E-state index contributed by atoms with van der Waals surface area (Å²) in [5.74, 6) is 0.896. The van der Waals surface area contributed by atoms with Crippen LogP contribution in [0.5, 0.6) is 0 Å². The molecule has 0 bridgehead atoms. The van der Waals surface area contributed by atoms with Gasteiger partial charge in [-0.2, -0.15) is 36.4 Å². The van der Waals surface area contributed by atoms with E-state index in [1.54, 1.807) is 0 Å². The first-order chi connectivity index (χ1) is 32.1. The molecular formula is C50H54F6N8O3. The molecular weight excluding hydrogens is 875 g/mol. The fraction of sp³-hybridized carbons (Fsp3) is 0.440. The van der Waals surface area contributed by atoms with Crippen molar-refractivity contribution < 1.29 is 40.9 Å². The summed E-state index contributed by atoms with van der Waals surface area (Å²) in [7, 11) is 0. The Morgan fingerprint density at radius 1 is 0.612 bits per heavy atom. The number of ether oxygens (including phenoxy) is 2. The highest BCUT2D eigenvalue weighted by Crippen LogP contribution is 2.46. The molecule has 17 heteroatoms. The molecule has 12 rings (SSSR count). The predicted octanol–water partition coefficient (Wildman–Crippen LogP) is 10.9. The Morgan fingerprint density at radius 3 is 1.39 bits per heavy atom. The molecule has 6 aromatic rings. The monoisotopic (exact) mass is 928 g/mol. The van der Waals surface area contributed by atoms with Gasteiger partial charge in [-0.1, -0.05) is 84.9 Å². The smallest absolute Gasteiger partial charge is 0.388 e. The van der Waals surface area contributed by atoms with E-state index in [2.05, 4.69) is 42.6 Å². The molecule has 67 heavy (non-hydrogen) atoms. The predicted molar refractivity (Wildman–Crippen MR) is 238 cm³/mol. The number of hydrogen-bond donors (Lipinski definition) is 2. The van der Waals surface area contributed by atoms with Gasteiger partial charge in [0, 0.05) is 11.1 Å². The van der Waals surface area contributed by atoms with Crippen LogP contribution in [0.4, 0.5) is 26.3 Å². The third kappa shape index (κ3) is 13.0. The van der Waals surface area contributed by atoms with Crippen LogP contribution in [-0.4, -0.2) is 76.0 Å². The Labute approximate surface area is 385 Å². The fourth-order valence-corrected chi connectivity index (χ4v) is 7.90. The highest BCUT2D eigenvalue weighted by Gasteiger charge is 2.50. The number of aromatic nitrogens is 8. The van der Waals surface area contributed by atoms with Crippen LogP contribution in [-0.2, 0) is 41.2 Å². The number of epoxide rings is 2. The van der Waals surface area contributed by atoms with E-state index in [1.165, 1.54) is 92.4 Å². The van der Waals surface area contributed by atoms with Crippen molar-refractivity contribution in [1.29, 1.82) is 0 Å². The Kier molecular flexibility index (Phi) is 14.4. The second-order valence-corrected chi connectivity index (χ2v) is 18.3. The molecule has 2 N–H and O–H groups in total. The van der Waals surface area contributed by atoms with E-state index < -0.39 is 29.1 Å². The van der Waals surface area contributed by atoms with Gasteiger partial charge in [-0.15, -0.1) is 20.4 Å². The van der Waals surface area contributed by atoms with Crippen LogP contribution in [0.15, 0.2) is 109 Å². The first kappa shape index (κ1) is 47.7. The number of alkyl halides is 6. The van der Waals surface area contributed by atoms with Crippen molar-refractivity contribution >= 4 is 0 Å². The summed E-state index contributed by atoms with van der Waals surface area (Å²) in [4.78, 5) is 1.41. The minimum absolute atomic E-state index is 0.307. The molecule has 6 aliphatic rings. The third-order valence-corrected chi connectivity index (χ3v) is 13.1. The van der Waals surface area contributed by atoms with Crippen molar-refractivity contribution in [2.24, 2.45) is 0 Å². The molecule has 2 aliphatic heterocycles. The summed E-state index contributed by atoms with van der Waals surface area (Å²) < 4.78 is 86.2. The highest BCUT2D eigenvalue weighted by molar-refractivity contribution is 5.61. The maximum atomic E-state index is 12.7. The molecule has 354 valence electrons. The topological polar surface area (TPSA) is 143 Å². The standard InChI is InChI=1S/C20H19F3N4O.C15H11F3N4.2C5H8O.C5H8/c21-20(22,23)16-8-6-14(7-9-16)12-15-4-1-2-5-17(15)18-24-26-27(25-18)13-19(28)10-3-11-19;16-15(17,18)12-7-5-10(6-8-12)9-11-3-1-2-4-13(11)14-19-21-22-20-14;2*1-2-5(3-1)4-6-5;1-5-3-2-4-5/h1-2,4-9,28H,3,10-13H2;1-8H,9H2,(H,19,20,21,22);2*1-4H2;1-4H2. The van der Waals surface area contributed by atoms with Crippen LogP contribution >= 0.6 is 0 Å². The SMILES string of the molecule is C1CC2(C1)CO2.C1CC2(C1)CO2.C=C1CCC1.FC(F)(F)c1ccc(Cc2ccccc2-c2nn[nH]n2)cc1.OC1(Cn2nnc(-c3ccccc3Cc3ccc(C(F)(F)F)cc3)n2)CCC1. The lowest BCUT2D eigenvalue weighted by atomic mass is 9.80. The highest BCUT2D eigenvalue weighted by atomic mass is 19.4. The fourth-order valence-electron chi connectivity index (χ4n) is 7.90. The minimum Gasteiger partial charge on any atom is -0.388 e. The first-order valence-electron chi connectivity index (χ1n) is 22.8. The van der Waals surface area contributed by atoms with Crippen molar-refractivity contribution in [3.8, 4) is 22.8 Å². The maximum absolute atomic E-state index is 12.7. The van der Waals surface area contributed by atoms with Crippen molar-refractivity contribution in [2.45, 2.75) is 126 Å². The van der Waals surface area contributed by atoms with Gasteiger partial charge in [0.2, 0.25) is 11.6 Å². The summed E-state index contributed by atoms with van der Waals surface area (Å²) in [5.41, 5.74) is 5.24. The first-order valence-corrected chi connectivity index (χ1v) is 22.8. The van der Waals surface area contributed by atoms with Crippen LogP contribution in [0.1, 0.15) is 110 Å². The molecule has 11 nitrogen and oxygen atoms in total. The molecule has 0 atom stereocenters. The van der Waals surface area contributed by atoms with E-state index in [0.717, 1.165) is 90.1 Å². The molecule has 2 saturated heterocycles. The van der Waals surface area contributed by atoms with E-state index in [-0.39, 0.29) is 0 Å². The van der Waals surface area contributed by atoms with Gasteiger partial charge in [-0.05, 0) is 147 Å². The van der Waals surface area contributed by atoms with Crippen LogP contribution in [0.2, 0.25) is 0 Å². The van der Waals surface area contributed by atoms with Crippen LogP contribution in [0.25, 0.3) is 22.8 Å². The number of hydrogen-bond acceptors (Lipinski definition) is 9. The Hall–Kier alpha value is -5.78. The number of H-pyrrole nitrogens is 1. The average Bonchev–Trinajstić information content (AvgIpc) is 4.16. The Bertz CT molecular complexity index is 2510. The molecule has 2 aromatic heterocycles. The number of benzene rings is 4. The number of nitrogens with one attached hydrogen (secondary N) is 1. The van der Waals surface area contributed by atoms with E-state index in [4.69, 9.17) is 9.47 Å². The van der Waals surface area contributed by atoms with Gasteiger partial charge in [-0.25, -0.2) is 0 Å². The number of aliphatic hydroxyl groups is 1. The average molecular weight is 929 g/mol. The zero-order valence-electron chi connectivity index (χ0n) is 37.1. The Morgan fingerprint density at radius 2 is 1.06 bits per heavy atom. The number of allylic oxidation sites excluding steroid dienone is 1. The molecule has 4 aliphatic carbocycles. The van der Waals surface area contributed by atoms with Gasteiger partial charge in [0.1, 0.15) is 0 Å². The minimum atomic E-state index is -4.34. The lowest BCUT2D eigenvalue weighted by Gasteiger charge is -2.35. The zero-order valence-corrected chi connectivity index (χ0v) is 37.1. The molecule has 6 fully saturated rings. The second-order valence-electron chi connectivity index (χ2n) is 18.3. The van der Waals surface area contributed by atoms with Crippen LogP contribution in [0.3, 0.4) is 0 Å². The van der Waals surface area contributed by atoms with Crippen molar-refractivity contribution in [3.05, 3.63) is 143 Å². The molecule has 0 amide bonds. The van der Waals surface area contributed by atoms with Gasteiger partial charge >= 0.3 is 12.4 Å². The van der Waals surface area contributed by atoms with Gasteiger partial charge < -0.3 is 14.6 Å². The zero-order chi connectivity index (χ0) is 47.1. The third-order valence-electron chi connectivity index (χ3n) is 13.1. The number of rotatable bonds is 8. The molecule has 4 heterocycles. The Balaban J connectivity index is 0.000000135. The second kappa shape index (κ2) is 20.2. The normalized spacial score (nSPS) is 18.6. The van der Waals surface area contributed by atoms with Crippen molar-refractivity contribution in [1.82, 2.24) is 40.8 Å². The van der Waals surface area contributed by atoms with E-state index in [0.29, 0.717) is 42.2 Å². The number of aromatic amines is 1. The van der Waals surface area contributed by atoms with Gasteiger partial charge in [0.05, 0.1) is 47.7 Å². The largest absolute Gasteiger partial charge is 0.416 e. The number of nitrogens with zero attached hydrogens (tertiary/aromatic N) is 7. The summed E-state index contributed by atoms with van der Waals surface area (Å²) in [6.07, 6.45) is 6.87. The lowest BCUT2D eigenvalue weighted by molar-refractivity contribution is -0.138. The molecule has 0 radical (unpaired) electrons. The van der Waals surface area contributed by atoms with Crippen molar-refractivity contribution in [3.63, 3.8) is 0 Å². The quantitative estimate of drug-likeness (QED) is 0.0866. The summed E-state index contributed by atoms with van der Waals surface area (Å²) in [6, 6.07) is 25.2. The van der Waals surface area contributed by atoms with Gasteiger partial charge in [-0.3, -0.25) is 0 Å². The molecule has 2 spiro atoms. The summed E-state index contributed by atoms with van der Waals surface area (Å²) in [5, 5.41) is 36.6. The maximum Gasteiger partial charge on any atom is 0.416 e. The summed E-state index contributed by atoms with van der Waals surface area (Å²) in [6.45, 7) is 6.19. The summed E-state index contributed by atoms with van der Waals surface area (Å²) >= 11 is 0. The van der Waals surface area contributed by atoms with Crippen molar-refractivity contribution in [2.75, 3.05) is 13.2 Å². The van der Waals surface area contributed by atoms with E-state index in [1.807, 2.05) is 48.5 Å². The molecule has 4 aromatic carbocycles.